The van der Waals surface area contributed by atoms with E-state index in [0.717, 1.165) is 5.56 Å². The van der Waals surface area contributed by atoms with Crippen LogP contribution < -0.4 is 0 Å². The zero-order valence-corrected chi connectivity index (χ0v) is 13.2. The highest BCUT2D eigenvalue weighted by Gasteiger charge is 2.23. The molecule has 21 heavy (non-hydrogen) atoms. The van der Waals surface area contributed by atoms with Gasteiger partial charge in [0.25, 0.3) is 0 Å². The van der Waals surface area contributed by atoms with Crippen molar-refractivity contribution in [2.24, 2.45) is 5.92 Å². The maximum absolute atomic E-state index is 12.3. The summed E-state index contributed by atoms with van der Waals surface area (Å²) in [6.07, 6.45) is -0.466. The van der Waals surface area contributed by atoms with Crippen molar-refractivity contribution >= 4 is 5.91 Å². The molecule has 0 aliphatic rings. The molecule has 2 unspecified atom stereocenters. The molecule has 114 valence electrons. The van der Waals surface area contributed by atoms with E-state index in [1.54, 1.807) is 17.0 Å². The normalized spacial score (nSPS) is 13.6. The van der Waals surface area contributed by atoms with E-state index < -0.39 is 6.10 Å². The van der Waals surface area contributed by atoms with Crippen molar-refractivity contribution in [3.63, 3.8) is 0 Å². The molecule has 0 bridgehead atoms. The molecule has 1 aromatic carbocycles. The standard InChI is InChI=1S/C17H24N2O2/c1-5-19(17(21)10-16(20)12(2)3)13(4)15-8-6-14(11-18)7-9-15/h6-9,12-13,16,20H,5,10H2,1-4H3. The maximum Gasteiger partial charge on any atom is 0.225 e. The number of aliphatic hydroxyl groups is 1. The van der Waals surface area contributed by atoms with Crippen LogP contribution in [0.4, 0.5) is 0 Å². The highest BCUT2D eigenvalue weighted by molar-refractivity contribution is 5.77. The fourth-order valence-corrected chi connectivity index (χ4v) is 2.21. The van der Waals surface area contributed by atoms with E-state index in [1.165, 1.54) is 0 Å². The lowest BCUT2D eigenvalue weighted by Gasteiger charge is -2.30. The molecule has 1 rings (SSSR count). The van der Waals surface area contributed by atoms with Gasteiger partial charge >= 0.3 is 0 Å². The van der Waals surface area contributed by atoms with Gasteiger partial charge < -0.3 is 10.0 Å². The van der Waals surface area contributed by atoms with Crippen molar-refractivity contribution in [2.75, 3.05) is 6.54 Å². The predicted molar refractivity (Wildman–Crippen MR) is 82.4 cm³/mol. The highest BCUT2D eigenvalue weighted by atomic mass is 16.3. The smallest absolute Gasteiger partial charge is 0.225 e. The third-order valence-electron chi connectivity index (χ3n) is 3.80. The van der Waals surface area contributed by atoms with Crippen LogP contribution in [0.2, 0.25) is 0 Å². The molecule has 2 atom stereocenters. The van der Waals surface area contributed by atoms with Crippen molar-refractivity contribution in [3.8, 4) is 6.07 Å². The summed E-state index contributed by atoms with van der Waals surface area (Å²) < 4.78 is 0. The Balaban J connectivity index is 2.82. The summed E-state index contributed by atoms with van der Waals surface area (Å²) in [5.41, 5.74) is 1.60. The number of hydrogen-bond acceptors (Lipinski definition) is 3. The Kier molecular flexibility index (Phi) is 6.39. The topological polar surface area (TPSA) is 64.3 Å². The summed E-state index contributed by atoms with van der Waals surface area (Å²) in [5.74, 6) is 0.0217. The van der Waals surface area contributed by atoms with Gasteiger partial charge in [0, 0.05) is 6.54 Å². The molecule has 0 heterocycles. The Morgan fingerprint density at radius 3 is 2.29 bits per heavy atom. The maximum atomic E-state index is 12.3. The van der Waals surface area contributed by atoms with Crippen LogP contribution >= 0.6 is 0 Å². The highest BCUT2D eigenvalue weighted by Crippen LogP contribution is 2.22. The summed E-state index contributed by atoms with van der Waals surface area (Å²) in [6, 6.07) is 9.27. The molecular weight excluding hydrogens is 264 g/mol. The molecule has 0 aliphatic heterocycles. The SMILES string of the molecule is CCN(C(=O)CC(O)C(C)C)C(C)c1ccc(C#N)cc1. The molecule has 0 radical (unpaired) electrons. The van der Waals surface area contributed by atoms with Gasteiger partial charge in [-0.05, 0) is 37.5 Å². The van der Waals surface area contributed by atoms with Crippen molar-refractivity contribution in [3.05, 3.63) is 35.4 Å². The van der Waals surface area contributed by atoms with Gasteiger partial charge in [-0.1, -0.05) is 26.0 Å². The second-order valence-electron chi connectivity index (χ2n) is 5.61. The van der Waals surface area contributed by atoms with E-state index in [1.807, 2.05) is 39.8 Å². The third-order valence-corrected chi connectivity index (χ3v) is 3.80. The van der Waals surface area contributed by atoms with Crippen molar-refractivity contribution < 1.29 is 9.90 Å². The van der Waals surface area contributed by atoms with E-state index in [-0.39, 0.29) is 24.3 Å². The number of amides is 1. The minimum Gasteiger partial charge on any atom is -0.392 e. The summed E-state index contributed by atoms with van der Waals surface area (Å²) in [4.78, 5) is 14.1. The minimum atomic E-state index is -0.611. The fourth-order valence-electron chi connectivity index (χ4n) is 2.21. The molecule has 1 amide bonds. The average Bonchev–Trinajstić information content (AvgIpc) is 2.47. The van der Waals surface area contributed by atoms with Crippen LogP contribution in [0.5, 0.6) is 0 Å². The van der Waals surface area contributed by atoms with Crippen LogP contribution in [0.15, 0.2) is 24.3 Å². The Hall–Kier alpha value is -1.86. The molecule has 4 nitrogen and oxygen atoms in total. The summed E-state index contributed by atoms with van der Waals surface area (Å²) >= 11 is 0. The summed E-state index contributed by atoms with van der Waals surface area (Å²) in [5, 5.41) is 18.7. The molecule has 0 spiro atoms. The second kappa shape index (κ2) is 7.80. The van der Waals surface area contributed by atoms with Gasteiger partial charge in [-0.2, -0.15) is 5.26 Å². The minimum absolute atomic E-state index is 0.0458. The van der Waals surface area contributed by atoms with Crippen molar-refractivity contribution in [1.29, 1.82) is 5.26 Å². The molecule has 1 N–H and O–H groups in total. The molecule has 4 heteroatoms. The Bertz CT molecular complexity index is 503. The molecular formula is C17H24N2O2. The fraction of sp³-hybridized carbons (Fsp3) is 0.529. The first-order chi connectivity index (χ1) is 9.90. The van der Waals surface area contributed by atoms with Gasteiger partial charge in [-0.3, -0.25) is 4.79 Å². The van der Waals surface area contributed by atoms with E-state index in [0.29, 0.717) is 12.1 Å². The van der Waals surface area contributed by atoms with E-state index >= 15 is 0 Å². The molecule has 0 aliphatic carbocycles. The molecule has 0 fully saturated rings. The number of aliphatic hydroxyl groups excluding tert-OH is 1. The largest absolute Gasteiger partial charge is 0.392 e. The zero-order chi connectivity index (χ0) is 16.0. The first kappa shape index (κ1) is 17.2. The number of carbonyl (C=O) groups is 1. The Labute approximate surface area is 127 Å². The number of nitrogens with zero attached hydrogens (tertiary/aromatic N) is 2. The van der Waals surface area contributed by atoms with Crippen molar-refractivity contribution in [2.45, 2.75) is 46.3 Å². The Morgan fingerprint density at radius 2 is 1.86 bits per heavy atom. The van der Waals surface area contributed by atoms with Crippen LogP contribution in [0.3, 0.4) is 0 Å². The van der Waals surface area contributed by atoms with Gasteiger partial charge in [0.15, 0.2) is 0 Å². The van der Waals surface area contributed by atoms with E-state index in [4.69, 9.17) is 5.26 Å². The lowest BCUT2D eigenvalue weighted by atomic mass is 10.0. The average molecular weight is 288 g/mol. The quantitative estimate of drug-likeness (QED) is 0.875. The number of rotatable bonds is 6. The molecule has 1 aromatic rings. The number of nitriles is 1. The van der Waals surface area contributed by atoms with Crippen LogP contribution in [-0.2, 0) is 4.79 Å². The lowest BCUT2D eigenvalue weighted by molar-refractivity contribution is -0.135. The second-order valence-corrected chi connectivity index (χ2v) is 5.61. The first-order valence-corrected chi connectivity index (χ1v) is 7.38. The monoisotopic (exact) mass is 288 g/mol. The first-order valence-electron chi connectivity index (χ1n) is 7.38. The zero-order valence-electron chi connectivity index (χ0n) is 13.2. The van der Waals surface area contributed by atoms with Gasteiger partial charge in [0.1, 0.15) is 0 Å². The van der Waals surface area contributed by atoms with E-state index in [2.05, 4.69) is 6.07 Å². The van der Waals surface area contributed by atoms with Gasteiger partial charge in [-0.25, -0.2) is 0 Å². The van der Waals surface area contributed by atoms with Gasteiger partial charge in [-0.15, -0.1) is 0 Å². The molecule has 0 saturated heterocycles. The molecule has 0 saturated carbocycles. The molecule has 0 aromatic heterocycles. The predicted octanol–water partition coefficient (Wildman–Crippen LogP) is 2.87. The summed E-state index contributed by atoms with van der Waals surface area (Å²) in [7, 11) is 0. The number of hydrogen-bond donors (Lipinski definition) is 1. The third kappa shape index (κ3) is 4.57. The van der Waals surface area contributed by atoms with Crippen LogP contribution in [-0.4, -0.2) is 28.6 Å². The van der Waals surface area contributed by atoms with Crippen LogP contribution in [0.1, 0.15) is 51.3 Å². The van der Waals surface area contributed by atoms with Crippen molar-refractivity contribution in [1.82, 2.24) is 4.90 Å². The summed E-state index contributed by atoms with van der Waals surface area (Å²) in [6.45, 7) is 8.28. The van der Waals surface area contributed by atoms with Crippen LogP contribution in [0, 0.1) is 17.2 Å². The number of carbonyl (C=O) groups excluding carboxylic acids is 1. The van der Waals surface area contributed by atoms with Gasteiger partial charge in [0.05, 0.1) is 30.2 Å². The lowest BCUT2D eigenvalue weighted by Crippen LogP contribution is -2.36. The van der Waals surface area contributed by atoms with Gasteiger partial charge in [0.2, 0.25) is 5.91 Å². The van der Waals surface area contributed by atoms with Crippen LogP contribution in [0.25, 0.3) is 0 Å². The van der Waals surface area contributed by atoms with E-state index in [9.17, 15) is 9.90 Å². The Morgan fingerprint density at radius 1 is 1.29 bits per heavy atom. The number of benzene rings is 1.